The van der Waals surface area contributed by atoms with Crippen molar-refractivity contribution in [2.75, 3.05) is 26.2 Å². The molecular formula is C20H26F3N3O2. The number of hydrogen-bond donors (Lipinski definition) is 2. The van der Waals surface area contributed by atoms with Gasteiger partial charge in [0.1, 0.15) is 0 Å². The van der Waals surface area contributed by atoms with Crippen LogP contribution >= 0.6 is 0 Å². The third kappa shape index (κ3) is 5.47. The van der Waals surface area contributed by atoms with Crippen LogP contribution in [0.15, 0.2) is 24.3 Å². The third-order valence-electron chi connectivity index (χ3n) is 5.46. The van der Waals surface area contributed by atoms with E-state index in [0.717, 1.165) is 44.5 Å². The van der Waals surface area contributed by atoms with Gasteiger partial charge in [-0.25, -0.2) is 0 Å². The van der Waals surface area contributed by atoms with E-state index in [9.17, 15) is 22.8 Å². The molecule has 2 N–H and O–H groups in total. The van der Waals surface area contributed by atoms with Crippen molar-refractivity contribution in [3.05, 3.63) is 35.4 Å². The van der Waals surface area contributed by atoms with Gasteiger partial charge in [-0.3, -0.25) is 9.59 Å². The van der Waals surface area contributed by atoms with Crippen LogP contribution in [0.5, 0.6) is 0 Å². The summed E-state index contributed by atoms with van der Waals surface area (Å²) < 4.78 is 38.5. The lowest BCUT2D eigenvalue weighted by atomic mass is 9.96. The molecule has 2 aliphatic rings. The Kier molecular flexibility index (Phi) is 6.59. The molecule has 5 nitrogen and oxygen atoms in total. The van der Waals surface area contributed by atoms with Crippen LogP contribution in [-0.2, 0) is 22.3 Å². The number of rotatable bonds is 6. The van der Waals surface area contributed by atoms with Gasteiger partial charge < -0.3 is 15.5 Å². The third-order valence-corrected chi connectivity index (χ3v) is 5.46. The molecule has 0 saturated carbocycles. The van der Waals surface area contributed by atoms with E-state index >= 15 is 0 Å². The number of carbonyl (C=O) groups is 2. The highest BCUT2D eigenvalue weighted by atomic mass is 19.4. The molecule has 1 aromatic rings. The zero-order valence-electron chi connectivity index (χ0n) is 15.7. The van der Waals surface area contributed by atoms with E-state index in [-0.39, 0.29) is 31.3 Å². The van der Waals surface area contributed by atoms with Gasteiger partial charge in [-0.2, -0.15) is 13.2 Å². The zero-order chi connectivity index (χ0) is 20.1. The standard InChI is InChI=1S/C20H26F3N3O2/c21-20(22,23)17-5-1-3-15(9-17)12-26-13-16(10-18(26)27)19(28)25-8-6-14-4-2-7-24-11-14/h1,3,5,9,14,16,24H,2,4,6-8,10-13H2,(H,25,28). The van der Waals surface area contributed by atoms with Gasteiger partial charge in [0.2, 0.25) is 11.8 Å². The Hall–Kier alpha value is -2.09. The highest BCUT2D eigenvalue weighted by Gasteiger charge is 2.35. The fraction of sp³-hybridized carbons (Fsp3) is 0.600. The quantitative estimate of drug-likeness (QED) is 0.776. The highest BCUT2D eigenvalue weighted by Crippen LogP contribution is 2.30. The average Bonchev–Trinajstić information content (AvgIpc) is 3.03. The number of alkyl halides is 3. The van der Waals surface area contributed by atoms with Crippen LogP contribution in [0.25, 0.3) is 0 Å². The zero-order valence-corrected chi connectivity index (χ0v) is 15.7. The topological polar surface area (TPSA) is 61.4 Å². The first-order chi connectivity index (χ1) is 13.3. The first kappa shape index (κ1) is 20.6. The first-order valence-electron chi connectivity index (χ1n) is 9.75. The Balaban J connectivity index is 1.48. The molecule has 3 rings (SSSR count). The molecule has 8 heteroatoms. The Morgan fingerprint density at radius 3 is 2.86 bits per heavy atom. The molecule has 0 bridgehead atoms. The molecule has 154 valence electrons. The van der Waals surface area contributed by atoms with Crippen molar-refractivity contribution in [1.82, 2.24) is 15.5 Å². The molecule has 2 unspecified atom stereocenters. The van der Waals surface area contributed by atoms with Crippen LogP contribution in [0.2, 0.25) is 0 Å². The Morgan fingerprint density at radius 1 is 1.32 bits per heavy atom. The van der Waals surface area contributed by atoms with Crippen LogP contribution in [0.3, 0.4) is 0 Å². The van der Waals surface area contributed by atoms with Gasteiger partial charge in [0.15, 0.2) is 0 Å². The maximum absolute atomic E-state index is 12.8. The summed E-state index contributed by atoms with van der Waals surface area (Å²) >= 11 is 0. The maximum atomic E-state index is 12.8. The monoisotopic (exact) mass is 397 g/mol. The van der Waals surface area contributed by atoms with Gasteiger partial charge in [0.05, 0.1) is 11.5 Å². The van der Waals surface area contributed by atoms with Crippen molar-refractivity contribution >= 4 is 11.8 Å². The van der Waals surface area contributed by atoms with Gasteiger partial charge in [-0.05, 0) is 56.0 Å². The van der Waals surface area contributed by atoms with Crippen LogP contribution in [-0.4, -0.2) is 42.9 Å². The predicted octanol–water partition coefficient (Wildman–Crippen LogP) is 2.56. The fourth-order valence-electron chi connectivity index (χ4n) is 3.88. The molecule has 0 aromatic heterocycles. The molecule has 2 aliphatic heterocycles. The maximum Gasteiger partial charge on any atom is 0.416 e. The Labute approximate surface area is 162 Å². The second kappa shape index (κ2) is 8.94. The van der Waals surface area contributed by atoms with Crippen molar-refractivity contribution in [2.45, 2.75) is 38.4 Å². The van der Waals surface area contributed by atoms with Crippen molar-refractivity contribution in [2.24, 2.45) is 11.8 Å². The second-order valence-electron chi connectivity index (χ2n) is 7.67. The van der Waals surface area contributed by atoms with E-state index in [4.69, 9.17) is 0 Å². The number of likely N-dealkylation sites (tertiary alicyclic amines) is 1. The molecule has 2 saturated heterocycles. The number of halogens is 3. The van der Waals surface area contributed by atoms with Gasteiger partial charge >= 0.3 is 6.18 Å². The van der Waals surface area contributed by atoms with Crippen molar-refractivity contribution in [3.63, 3.8) is 0 Å². The molecule has 2 fully saturated rings. The average molecular weight is 397 g/mol. The molecule has 1 aromatic carbocycles. The number of nitrogens with one attached hydrogen (secondary N) is 2. The van der Waals surface area contributed by atoms with Gasteiger partial charge in [-0.15, -0.1) is 0 Å². The predicted molar refractivity (Wildman–Crippen MR) is 98.2 cm³/mol. The summed E-state index contributed by atoms with van der Waals surface area (Å²) in [5.74, 6) is -0.225. The number of piperidine rings is 1. The summed E-state index contributed by atoms with van der Waals surface area (Å²) in [5.41, 5.74) is -0.322. The van der Waals surface area contributed by atoms with E-state index in [1.54, 1.807) is 6.07 Å². The molecule has 2 amide bonds. The second-order valence-corrected chi connectivity index (χ2v) is 7.67. The minimum absolute atomic E-state index is 0.0836. The number of amides is 2. The summed E-state index contributed by atoms with van der Waals surface area (Å²) in [4.78, 5) is 26.0. The number of carbonyl (C=O) groups excluding carboxylic acids is 2. The molecular weight excluding hydrogens is 371 g/mol. The van der Waals surface area contributed by atoms with Gasteiger partial charge in [0.25, 0.3) is 0 Å². The van der Waals surface area contributed by atoms with Gasteiger partial charge in [0, 0.05) is 26.1 Å². The van der Waals surface area contributed by atoms with Crippen molar-refractivity contribution in [1.29, 1.82) is 0 Å². The summed E-state index contributed by atoms with van der Waals surface area (Å²) in [5, 5.41) is 6.25. The molecule has 2 atom stereocenters. The molecule has 0 spiro atoms. The van der Waals surface area contributed by atoms with E-state index in [2.05, 4.69) is 10.6 Å². The van der Waals surface area contributed by atoms with Crippen LogP contribution in [0.4, 0.5) is 13.2 Å². The molecule has 0 aliphatic carbocycles. The fourth-order valence-corrected chi connectivity index (χ4v) is 3.88. The summed E-state index contributed by atoms with van der Waals surface area (Å²) in [6, 6.07) is 4.96. The van der Waals surface area contributed by atoms with Crippen LogP contribution < -0.4 is 10.6 Å². The van der Waals surface area contributed by atoms with Crippen LogP contribution in [0, 0.1) is 11.8 Å². The summed E-state index contributed by atoms with van der Waals surface area (Å²) in [6.07, 6.45) is -1.08. The molecule has 0 radical (unpaired) electrons. The molecule has 2 heterocycles. The Morgan fingerprint density at radius 2 is 2.14 bits per heavy atom. The lowest BCUT2D eigenvalue weighted by molar-refractivity contribution is -0.137. The SMILES string of the molecule is O=C(NCCC1CCCNC1)C1CC(=O)N(Cc2cccc(C(F)(F)F)c2)C1. The largest absolute Gasteiger partial charge is 0.416 e. The van der Waals surface area contributed by atoms with E-state index < -0.39 is 17.7 Å². The Bertz CT molecular complexity index is 702. The number of benzene rings is 1. The number of nitrogens with zero attached hydrogens (tertiary/aromatic N) is 1. The smallest absolute Gasteiger partial charge is 0.356 e. The minimum atomic E-state index is -4.42. The van der Waals surface area contributed by atoms with Crippen molar-refractivity contribution < 1.29 is 22.8 Å². The highest BCUT2D eigenvalue weighted by molar-refractivity contribution is 5.89. The first-order valence-corrected chi connectivity index (χ1v) is 9.75. The lowest BCUT2D eigenvalue weighted by Crippen LogP contribution is -2.36. The lowest BCUT2D eigenvalue weighted by Gasteiger charge is -2.23. The molecule has 28 heavy (non-hydrogen) atoms. The van der Waals surface area contributed by atoms with E-state index in [1.165, 1.54) is 11.0 Å². The minimum Gasteiger partial charge on any atom is -0.356 e. The van der Waals surface area contributed by atoms with Gasteiger partial charge in [-0.1, -0.05) is 12.1 Å². The van der Waals surface area contributed by atoms with Crippen LogP contribution in [0.1, 0.15) is 36.8 Å². The summed E-state index contributed by atoms with van der Waals surface area (Å²) in [6.45, 7) is 2.94. The summed E-state index contributed by atoms with van der Waals surface area (Å²) in [7, 11) is 0. The van der Waals surface area contributed by atoms with E-state index in [1.807, 2.05) is 0 Å². The number of hydrogen-bond acceptors (Lipinski definition) is 3. The normalized spacial score (nSPS) is 23.1. The van der Waals surface area contributed by atoms with E-state index in [0.29, 0.717) is 18.0 Å². The van der Waals surface area contributed by atoms with Crippen molar-refractivity contribution in [3.8, 4) is 0 Å².